The maximum Gasteiger partial charge on any atom is 0.333 e. The Labute approximate surface area is 197 Å². The van der Waals surface area contributed by atoms with Crippen molar-refractivity contribution in [3.05, 3.63) is 23.3 Å². The Kier molecular flexibility index (Phi) is 4.55. The third kappa shape index (κ3) is 2.56. The molecule has 0 radical (unpaired) electrons. The molecule has 11 atom stereocenters. The molecule has 0 amide bonds. The lowest BCUT2D eigenvalue weighted by Crippen LogP contribution is -2.63. The molecule has 0 aromatic carbocycles. The van der Waals surface area contributed by atoms with E-state index in [0.29, 0.717) is 23.7 Å². The van der Waals surface area contributed by atoms with Crippen LogP contribution in [0.4, 0.5) is 0 Å². The van der Waals surface area contributed by atoms with Gasteiger partial charge < -0.3 is 14.6 Å². The van der Waals surface area contributed by atoms with Gasteiger partial charge in [0.1, 0.15) is 17.8 Å². The summed E-state index contributed by atoms with van der Waals surface area (Å²) in [6, 6.07) is 0. The van der Waals surface area contributed by atoms with Crippen LogP contribution in [-0.2, 0) is 19.1 Å². The lowest BCUT2D eigenvalue weighted by Gasteiger charge is -2.58. The summed E-state index contributed by atoms with van der Waals surface area (Å²) < 4.78 is 12.2. The number of epoxide rings is 1. The molecule has 0 bridgehead atoms. The van der Waals surface area contributed by atoms with Crippen LogP contribution in [0.3, 0.4) is 0 Å². The summed E-state index contributed by atoms with van der Waals surface area (Å²) in [5.41, 5.74) is 0.798. The molecule has 2 heterocycles. The number of aliphatic hydroxyl groups is 1. The fraction of sp³-hybridized carbons (Fsp3) is 0.786. The Hall–Kier alpha value is -1.46. The average Bonchev–Trinajstić information content (AvgIpc) is 3.41. The second-order valence-corrected chi connectivity index (χ2v) is 12.5. The second kappa shape index (κ2) is 6.81. The minimum Gasteiger partial charge on any atom is -0.458 e. The SMILES string of the molecule is CC1=C(C)C(=O)O[C@@H]([C@@H](C)[C@H]2CC[C@H]3[C@@H]4C[C@H]5O[C@]56[C@@H](O)C=CC(=O)[C@]6(C)[C@H]4CC[C@]23C)C1. The van der Waals surface area contributed by atoms with Crippen molar-refractivity contribution in [3.8, 4) is 0 Å². The van der Waals surface area contributed by atoms with E-state index in [1.807, 2.05) is 6.92 Å². The summed E-state index contributed by atoms with van der Waals surface area (Å²) >= 11 is 0. The molecule has 5 nitrogen and oxygen atoms in total. The number of ketones is 1. The Morgan fingerprint density at radius 2 is 1.88 bits per heavy atom. The van der Waals surface area contributed by atoms with Crippen molar-refractivity contribution in [1.29, 1.82) is 0 Å². The van der Waals surface area contributed by atoms with Gasteiger partial charge in [-0.15, -0.1) is 0 Å². The molecule has 5 heteroatoms. The lowest BCUT2D eigenvalue weighted by molar-refractivity contribution is -0.155. The molecule has 180 valence electrons. The molecule has 1 spiro atoms. The summed E-state index contributed by atoms with van der Waals surface area (Å²) in [6.07, 6.45) is 8.75. The van der Waals surface area contributed by atoms with Gasteiger partial charge in [-0.3, -0.25) is 4.79 Å². The van der Waals surface area contributed by atoms with Gasteiger partial charge in [-0.2, -0.15) is 0 Å². The maximum atomic E-state index is 13.3. The zero-order valence-electron chi connectivity index (χ0n) is 20.6. The zero-order valence-corrected chi connectivity index (χ0v) is 20.6. The number of esters is 1. The molecule has 0 unspecified atom stereocenters. The summed E-state index contributed by atoms with van der Waals surface area (Å²) in [4.78, 5) is 25.7. The normalized spacial score (nSPS) is 53.6. The minimum absolute atomic E-state index is 0.0125. The number of fused-ring (bicyclic) bond motifs is 4. The molecule has 2 aliphatic heterocycles. The number of ether oxygens (including phenoxy) is 2. The van der Waals surface area contributed by atoms with Crippen molar-refractivity contribution in [2.75, 3.05) is 0 Å². The van der Waals surface area contributed by atoms with Crippen LogP contribution >= 0.6 is 0 Å². The third-order valence-corrected chi connectivity index (χ3v) is 11.6. The predicted octanol–water partition coefficient (Wildman–Crippen LogP) is 4.38. The van der Waals surface area contributed by atoms with Crippen molar-refractivity contribution < 1.29 is 24.2 Å². The smallest absolute Gasteiger partial charge is 0.333 e. The van der Waals surface area contributed by atoms with Crippen LogP contribution in [0.1, 0.15) is 73.1 Å². The van der Waals surface area contributed by atoms with Gasteiger partial charge in [0.05, 0.1) is 11.5 Å². The second-order valence-electron chi connectivity index (χ2n) is 12.5. The van der Waals surface area contributed by atoms with Crippen molar-refractivity contribution >= 4 is 11.8 Å². The van der Waals surface area contributed by atoms with E-state index in [1.165, 1.54) is 6.42 Å². The van der Waals surface area contributed by atoms with E-state index >= 15 is 0 Å². The predicted molar refractivity (Wildman–Crippen MR) is 123 cm³/mol. The van der Waals surface area contributed by atoms with Gasteiger partial charge in [0, 0.05) is 12.0 Å². The number of cyclic esters (lactones) is 1. The first kappa shape index (κ1) is 22.0. The molecule has 33 heavy (non-hydrogen) atoms. The quantitative estimate of drug-likeness (QED) is 0.495. The number of aliphatic hydroxyl groups excluding tert-OH is 1. The van der Waals surface area contributed by atoms with E-state index in [9.17, 15) is 14.7 Å². The highest BCUT2D eigenvalue weighted by Gasteiger charge is 2.80. The van der Waals surface area contributed by atoms with Gasteiger partial charge in [-0.25, -0.2) is 4.79 Å². The molecule has 4 fully saturated rings. The Morgan fingerprint density at radius 3 is 2.61 bits per heavy atom. The van der Waals surface area contributed by atoms with E-state index in [4.69, 9.17) is 9.47 Å². The van der Waals surface area contributed by atoms with Gasteiger partial charge in [-0.1, -0.05) is 19.4 Å². The number of carbonyl (C=O) groups is 2. The number of hydrogen-bond donors (Lipinski definition) is 1. The van der Waals surface area contributed by atoms with Gasteiger partial charge in [-0.05, 0) is 100 Å². The number of rotatable bonds is 2. The van der Waals surface area contributed by atoms with Crippen molar-refractivity contribution in [2.45, 2.75) is 97.1 Å². The van der Waals surface area contributed by atoms with Crippen molar-refractivity contribution in [2.24, 2.45) is 40.4 Å². The van der Waals surface area contributed by atoms with Gasteiger partial charge >= 0.3 is 5.97 Å². The standard InChI is InChI=1S/C28H38O5/c1-14-12-21(32-25(31)15(14)2)16(3)18-6-7-19-17-13-24-28(33-24)23(30)9-8-22(29)27(28,5)20(17)10-11-26(18,19)4/h8-9,16-21,23-24,30H,6-7,10-13H2,1-5H3/t16-,17-,18+,19-,20-,21+,23-,24+,26+,27-,28+/m0/s1. The van der Waals surface area contributed by atoms with E-state index in [0.717, 1.165) is 43.3 Å². The molecular weight excluding hydrogens is 416 g/mol. The summed E-state index contributed by atoms with van der Waals surface area (Å²) in [5, 5.41) is 10.8. The monoisotopic (exact) mass is 454 g/mol. The molecule has 4 aliphatic carbocycles. The largest absolute Gasteiger partial charge is 0.458 e. The summed E-state index contributed by atoms with van der Waals surface area (Å²) in [5.74, 6) is 2.09. The maximum absolute atomic E-state index is 13.3. The van der Waals surface area contributed by atoms with Gasteiger partial charge in [0.2, 0.25) is 0 Å². The number of hydrogen-bond acceptors (Lipinski definition) is 5. The molecule has 1 N–H and O–H groups in total. The minimum atomic E-state index is -0.697. The Balaban J connectivity index is 1.28. The summed E-state index contributed by atoms with van der Waals surface area (Å²) in [6.45, 7) is 10.8. The fourth-order valence-corrected chi connectivity index (χ4v) is 9.54. The Bertz CT molecular complexity index is 981. The van der Waals surface area contributed by atoms with E-state index in [-0.39, 0.29) is 35.3 Å². The molecule has 6 rings (SSSR count). The van der Waals surface area contributed by atoms with Gasteiger partial charge in [0.15, 0.2) is 5.78 Å². The third-order valence-electron chi connectivity index (χ3n) is 11.6. The topological polar surface area (TPSA) is 76.1 Å². The first-order valence-corrected chi connectivity index (χ1v) is 13.0. The average molecular weight is 455 g/mol. The first-order valence-electron chi connectivity index (χ1n) is 13.0. The molecule has 1 saturated heterocycles. The zero-order chi connectivity index (χ0) is 23.5. The molecule has 0 aromatic rings. The van der Waals surface area contributed by atoms with Crippen LogP contribution < -0.4 is 0 Å². The van der Waals surface area contributed by atoms with E-state index in [2.05, 4.69) is 27.7 Å². The lowest BCUT2D eigenvalue weighted by atomic mass is 9.44. The van der Waals surface area contributed by atoms with Crippen LogP contribution in [0.15, 0.2) is 23.3 Å². The number of carbonyl (C=O) groups excluding carboxylic acids is 2. The van der Waals surface area contributed by atoms with Crippen molar-refractivity contribution in [3.63, 3.8) is 0 Å². The van der Waals surface area contributed by atoms with Crippen LogP contribution in [0.25, 0.3) is 0 Å². The van der Waals surface area contributed by atoms with Gasteiger partial charge in [0.25, 0.3) is 0 Å². The summed E-state index contributed by atoms with van der Waals surface area (Å²) in [7, 11) is 0. The molecule has 0 aromatic heterocycles. The fourth-order valence-electron chi connectivity index (χ4n) is 9.54. The van der Waals surface area contributed by atoms with E-state index < -0.39 is 17.1 Å². The first-order chi connectivity index (χ1) is 15.6. The molecule has 6 aliphatic rings. The highest BCUT2D eigenvalue weighted by molar-refractivity contribution is 5.98. The Morgan fingerprint density at radius 1 is 1.12 bits per heavy atom. The van der Waals surface area contributed by atoms with Crippen LogP contribution in [-0.4, -0.2) is 40.8 Å². The molecule has 3 saturated carbocycles. The van der Waals surface area contributed by atoms with Crippen LogP contribution in [0.5, 0.6) is 0 Å². The van der Waals surface area contributed by atoms with Crippen LogP contribution in [0.2, 0.25) is 0 Å². The van der Waals surface area contributed by atoms with Crippen molar-refractivity contribution in [1.82, 2.24) is 0 Å². The number of allylic oxidation sites excluding steroid dienone is 1. The van der Waals surface area contributed by atoms with Crippen LogP contribution in [0, 0.1) is 40.4 Å². The highest BCUT2D eigenvalue weighted by atomic mass is 16.6. The van der Waals surface area contributed by atoms with E-state index in [1.54, 1.807) is 12.2 Å². The highest BCUT2D eigenvalue weighted by Crippen LogP contribution is 2.73. The molecular formula is C28H38O5.